The Morgan fingerprint density at radius 3 is 2.69 bits per heavy atom. The van der Waals surface area contributed by atoms with Crippen molar-refractivity contribution < 1.29 is 4.79 Å². The highest BCUT2D eigenvalue weighted by molar-refractivity contribution is 9.10. The fourth-order valence-electron chi connectivity index (χ4n) is 1.78. The minimum Gasteiger partial charge on any atom is -0.345 e. The Kier molecular flexibility index (Phi) is 2.97. The molecule has 0 atom stereocenters. The lowest BCUT2D eigenvalue weighted by atomic mass is 10.1. The molecule has 2 aromatic rings. The van der Waals surface area contributed by atoms with Gasteiger partial charge in [-0.15, -0.1) is 0 Å². The van der Waals surface area contributed by atoms with Crippen LogP contribution in [0.4, 0.5) is 0 Å². The first-order valence-electron chi connectivity index (χ1n) is 5.01. The molecule has 0 saturated heterocycles. The largest absolute Gasteiger partial charge is 0.345 e. The second kappa shape index (κ2) is 4.26. The quantitative estimate of drug-likeness (QED) is 0.770. The van der Waals surface area contributed by atoms with Crippen LogP contribution in [0.3, 0.4) is 0 Å². The number of benzene rings is 1. The molecule has 0 aliphatic heterocycles. The molecule has 1 heterocycles. The van der Waals surface area contributed by atoms with E-state index in [4.69, 9.17) is 0 Å². The van der Waals surface area contributed by atoms with Crippen molar-refractivity contribution in [2.45, 2.75) is 6.92 Å². The van der Waals surface area contributed by atoms with Crippen LogP contribution < -0.4 is 0 Å². The Balaban J connectivity index is 2.64. The van der Waals surface area contributed by atoms with Crippen LogP contribution in [0.5, 0.6) is 0 Å². The maximum absolute atomic E-state index is 11.1. The minimum absolute atomic E-state index is 0.718. The maximum Gasteiger partial charge on any atom is 0.167 e. The average molecular weight is 278 g/mol. The number of aryl methyl sites for hydroxylation is 1. The van der Waals surface area contributed by atoms with Gasteiger partial charge in [0.05, 0.1) is 5.69 Å². The lowest BCUT2D eigenvalue weighted by Crippen LogP contribution is -1.97. The van der Waals surface area contributed by atoms with Crippen molar-refractivity contribution in [3.63, 3.8) is 0 Å². The van der Waals surface area contributed by atoms with Gasteiger partial charge in [-0.3, -0.25) is 4.79 Å². The molecule has 0 saturated carbocycles. The number of hydrogen-bond acceptors (Lipinski definition) is 1. The number of rotatable bonds is 2. The highest BCUT2D eigenvalue weighted by Gasteiger charge is 2.11. The van der Waals surface area contributed by atoms with E-state index in [1.54, 1.807) is 0 Å². The Labute approximate surface area is 103 Å². The van der Waals surface area contributed by atoms with E-state index >= 15 is 0 Å². The molecule has 0 fully saturated rings. The van der Waals surface area contributed by atoms with Crippen molar-refractivity contribution >= 4 is 22.2 Å². The molecule has 0 aliphatic rings. The van der Waals surface area contributed by atoms with Crippen molar-refractivity contribution in [2.24, 2.45) is 7.05 Å². The second-order valence-electron chi connectivity index (χ2n) is 3.77. The van der Waals surface area contributed by atoms with Crippen molar-refractivity contribution in [1.82, 2.24) is 4.57 Å². The van der Waals surface area contributed by atoms with Gasteiger partial charge in [-0.2, -0.15) is 0 Å². The number of nitrogens with zero attached hydrogens (tertiary/aromatic N) is 1. The zero-order valence-electron chi connectivity index (χ0n) is 9.20. The summed E-state index contributed by atoms with van der Waals surface area (Å²) >= 11 is 3.44. The summed E-state index contributed by atoms with van der Waals surface area (Å²) in [7, 11) is 1.90. The Bertz CT molecular complexity index is 543. The fraction of sp³-hybridized carbons (Fsp3) is 0.154. The van der Waals surface area contributed by atoms with Crippen molar-refractivity contribution in [1.29, 1.82) is 0 Å². The lowest BCUT2D eigenvalue weighted by Gasteiger charge is -2.02. The van der Waals surface area contributed by atoms with E-state index < -0.39 is 0 Å². The first kappa shape index (κ1) is 11.1. The van der Waals surface area contributed by atoms with Crippen LogP contribution in [0.2, 0.25) is 0 Å². The summed E-state index contributed by atoms with van der Waals surface area (Å²) in [6.07, 6.45) is 0.906. The summed E-state index contributed by atoms with van der Waals surface area (Å²) in [6.45, 7) is 1.99. The van der Waals surface area contributed by atoms with E-state index in [2.05, 4.69) is 15.9 Å². The minimum atomic E-state index is 0.718. The highest BCUT2D eigenvalue weighted by Crippen LogP contribution is 2.27. The predicted octanol–water partition coefficient (Wildman–Crippen LogP) is 3.58. The molecule has 0 unspecified atom stereocenters. The molecule has 16 heavy (non-hydrogen) atoms. The third-order valence-electron chi connectivity index (χ3n) is 2.77. The molecule has 3 heteroatoms. The molecule has 1 aromatic heterocycles. The Hall–Kier alpha value is -1.35. The van der Waals surface area contributed by atoms with Gasteiger partial charge in [0, 0.05) is 22.8 Å². The second-order valence-corrected chi connectivity index (χ2v) is 4.69. The Morgan fingerprint density at radius 1 is 1.31 bits per heavy atom. The Morgan fingerprint density at radius 2 is 2.06 bits per heavy atom. The van der Waals surface area contributed by atoms with E-state index in [1.165, 1.54) is 0 Å². The maximum atomic E-state index is 11.1. The number of carbonyl (C=O) groups is 1. The van der Waals surface area contributed by atoms with E-state index in [9.17, 15) is 4.79 Å². The average Bonchev–Trinajstić information content (AvgIpc) is 2.55. The number of aldehydes is 1. The number of hydrogen-bond donors (Lipinski definition) is 0. The van der Waals surface area contributed by atoms with E-state index in [-0.39, 0.29) is 0 Å². The van der Waals surface area contributed by atoms with Gasteiger partial charge in [-0.05, 0) is 30.7 Å². The number of halogens is 1. The summed E-state index contributed by atoms with van der Waals surface area (Å²) in [4.78, 5) is 11.1. The summed E-state index contributed by atoms with van der Waals surface area (Å²) in [5, 5.41) is 0. The van der Waals surface area contributed by atoms with E-state index in [1.807, 2.05) is 48.9 Å². The first-order valence-corrected chi connectivity index (χ1v) is 5.80. The van der Waals surface area contributed by atoms with Gasteiger partial charge >= 0.3 is 0 Å². The molecule has 0 aliphatic carbocycles. The van der Waals surface area contributed by atoms with Crippen LogP contribution in [0.1, 0.15) is 16.2 Å². The zero-order valence-corrected chi connectivity index (χ0v) is 10.8. The number of aromatic nitrogens is 1. The van der Waals surface area contributed by atoms with Gasteiger partial charge < -0.3 is 4.57 Å². The van der Waals surface area contributed by atoms with Crippen LogP contribution in [0, 0.1) is 6.92 Å². The molecule has 0 bridgehead atoms. The van der Waals surface area contributed by atoms with Gasteiger partial charge in [-0.1, -0.05) is 28.1 Å². The highest BCUT2D eigenvalue weighted by atomic mass is 79.9. The molecular formula is C13H12BrNO. The molecule has 0 N–H and O–H groups in total. The van der Waals surface area contributed by atoms with Crippen LogP contribution in [-0.2, 0) is 7.05 Å². The summed E-state index contributed by atoms with van der Waals surface area (Å²) < 4.78 is 2.92. The van der Waals surface area contributed by atoms with Gasteiger partial charge in [0.15, 0.2) is 6.29 Å². The first-order chi connectivity index (χ1) is 7.63. The molecule has 0 spiro atoms. The summed E-state index contributed by atoms with van der Waals surface area (Å²) in [6, 6.07) is 10.00. The van der Waals surface area contributed by atoms with Crippen LogP contribution in [0.25, 0.3) is 11.1 Å². The van der Waals surface area contributed by atoms with Gasteiger partial charge in [0.2, 0.25) is 0 Å². The third kappa shape index (κ3) is 1.83. The standard InChI is InChI=1S/C13H12BrNO/c1-9-6-12(13(8-16)15(9)2)10-4-3-5-11(14)7-10/h3-8H,1-2H3. The fourth-order valence-corrected chi connectivity index (χ4v) is 2.18. The number of carbonyl (C=O) groups excluding carboxylic acids is 1. The molecular weight excluding hydrogens is 266 g/mol. The van der Waals surface area contributed by atoms with Crippen molar-refractivity contribution in [2.75, 3.05) is 0 Å². The molecule has 82 valence electrons. The topological polar surface area (TPSA) is 22.0 Å². The molecule has 2 nitrogen and oxygen atoms in total. The van der Waals surface area contributed by atoms with Crippen molar-refractivity contribution in [3.8, 4) is 11.1 Å². The molecule has 0 radical (unpaired) electrons. The summed E-state index contributed by atoms with van der Waals surface area (Å²) in [5.41, 5.74) is 3.84. The van der Waals surface area contributed by atoms with E-state index in [0.717, 1.165) is 33.3 Å². The molecule has 0 amide bonds. The van der Waals surface area contributed by atoms with Crippen LogP contribution in [-0.4, -0.2) is 10.9 Å². The lowest BCUT2D eigenvalue weighted by molar-refractivity contribution is 0.111. The predicted molar refractivity (Wildman–Crippen MR) is 68.7 cm³/mol. The van der Waals surface area contributed by atoms with E-state index in [0.29, 0.717) is 0 Å². The normalized spacial score (nSPS) is 10.4. The monoisotopic (exact) mass is 277 g/mol. The molecule has 1 aromatic carbocycles. The van der Waals surface area contributed by atoms with Gasteiger partial charge in [0.1, 0.15) is 0 Å². The SMILES string of the molecule is Cc1cc(-c2cccc(Br)c2)c(C=O)n1C. The zero-order chi connectivity index (χ0) is 11.7. The third-order valence-corrected chi connectivity index (χ3v) is 3.26. The smallest absolute Gasteiger partial charge is 0.167 e. The van der Waals surface area contributed by atoms with Crippen molar-refractivity contribution in [3.05, 3.63) is 46.2 Å². The van der Waals surface area contributed by atoms with Gasteiger partial charge in [-0.25, -0.2) is 0 Å². The van der Waals surface area contributed by atoms with Crippen LogP contribution in [0.15, 0.2) is 34.8 Å². The van der Waals surface area contributed by atoms with Gasteiger partial charge in [0.25, 0.3) is 0 Å². The summed E-state index contributed by atoms with van der Waals surface area (Å²) in [5.74, 6) is 0. The van der Waals surface area contributed by atoms with Crippen LogP contribution >= 0.6 is 15.9 Å². The molecule has 2 rings (SSSR count).